The fourth-order valence-corrected chi connectivity index (χ4v) is 3.86. The predicted octanol–water partition coefficient (Wildman–Crippen LogP) is 1.83. The van der Waals surface area contributed by atoms with Crippen molar-refractivity contribution in [3.05, 3.63) is 17.0 Å². The molecular formula is C11H14ClNO4S2. The number of carbonyl (C=O) groups is 1. The van der Waals surface area contributed by atoms with Crippen LogP contribution in [0.25, 0.3) is 0 Å². The van der Waals surface area contributed by atoms with Gasteiger partial charge in [0, 0.05) is 34.6 Å². The monoisotopic (exact) mass is 323 g/mol. The van der Waals surface area contributed by atoms with E-state index in [9.17, 15) is 13.2 Å². The van der Waals surface area contributed by atoms with Gasteiger partial charge in [0.15, 0.2) is 0 Å². The maximum absolute atomic E-state index is 12.0. The van der Waals surface area contributed by atoms with Gasteiger partial charge in [-0.25, -0.2) is 8.42 Å². The highest BCUT2D eigenvalue weighted by Gasteiger charge is 2.24. The summed E-state index contributed by atoms with van der Waals surface area (Å²) in [6.45, 7) is 3.28. The predicted molar refractivity (Wildman–Crippen MR) is 73.2 cm³/mol. The standard InChI is InChI=1S/C11H14ClNO4S2/c1-7(8-2-3-17-5-8)13-11(14)9-4-10(18-6-9)19(12,15)16/h4,6-8H,2-3,5H2,1H3,(H,13,14). The lowest BCUT2D eigenvalue weighted by atomic mass is 10.0. The fourth-order valence-electron chi connectivity index (χ4n) is 1.92. The Kier molecular flexibility index (Phi) is 4.50. The molecule has 0 spiro atoms. The van der Waals surface area contributed by atoms with Crippen molar-refractivity contribution in [2.75, 3.05) is 13.2 Å². The molecule has 2 rings (SSSR count). The van der Waals surface area contributed by atoms with Gasteiger partial charge in [0.1, 0.15) is 4.21 Å². The van der Waals surface area contributed by atoms with Crippen LogP contribution in [-0.2, 0) is 13.8 Å². The van der Waals surface area contributed by atoms with Gasteiger partial charge in [-0.1, -0.05) is 0 Å². The molecule has 1 fully saturated rings. The Hall–Kier alpha value is -0.630. The summed E-state index contributed by atoms with van der Waals surface area (Å²) in [6.07, 6.45) is 0.923. The van der Waals surface area contributed by atoms with Crippen LogP contribution in [0.2, 0.25) is 0 Å². The number of amides is 1. The van der Waals surface area contributed by atoms with Crippen LogP contribution in [0.15, 0.2) is 15.7 Å². The molecule has 0 radical (unpaired) electrons. The van der Waals surface area contributed by atoms with Crippen molar-refractivity contribution < 1.29 is 17.9 Å². The second-order valence-electron chi connectivity index (χ2n) is 4.48. The number of ether oxygens (including phenoxy) is 1. The quantitative estimate of drug-likeness (QED) is 0.858. The van der Waals surface area contributed by atoms with Crippen LogP contribution in [0.1, 0.15) is 23.7 Å². The number of hydrogen-bond acceptors (Lipinski definition) is 5. The molecule has 1 aliphatic rings. The van der Waals surface area contributed by atoms with Crippen molar-refractivity contribution in [1.82, 2.24) is 5.32 Å². The zero-order valence-electron chi connectivity index (χ0n) is 10.3. The van der Waals surface area contributed by atoms with Gasteiger partial charge < -0.3 is 10.1 Å². The summed E-state index contributed by atoms with van der Waals surface area (Å²) in [6, 6.07) is 1.28. The molecule has 1 N–H and O–H groups in total. The topological polar surface area (TPSA) is 72.5 Å². The summed E-state index contributed by atoms with van der Waals surface area (Å²) < 4.78 is 27.5. The van der Waals surface area contributed by atoms with Crippen LogP contribution < -0.4 is 5.32 Å². The van der Waals surface area contributed by atoms with Gasteiger partial charge in [-0.15, -0.1) is 11.3 Å². The molecule has 2 unspecified atom stereocenters. The number of hydrogen-bond donors (Lipinski definition) is 1. The summed E-state index contributed by atoms with van der Waals surface area (Å²) in [5.41, 5.74) is 0.315. The Morgan fingerprint density at radius 1 is 1.63 bits per heavy atom. The summed E-state index contributed by atoms with van der Waals surface area (Å²) in [4.78, 5) is 12.0. The van der Waals surface area contributed by atoms with E-state index in [1.807, 2.05) is 6.92 Å². The number of halogens is 1. The van der Waals surface area contributed by atoms with Crippen LogP contribution in [0.5, 0.6) is 0 Å². The molecule has 2 atom stereocenters. The largest absolute Gasteiger partial charge is 0.381 e. The van der Waals surface area contributed by atoms with Crippen molar-refractivity contribution >= 4 is 37.0 Å². The second-order valence-corrected chi connectivity index (χ2v) is 8.18. The van der Waals surface area contributed by atoms with Crippen molar-refractivity contribution in [3.8, 4) is 0 Å². The van der Waals surface area contributed by atoms with Gasteiger partial charge in [-0.3, -0.25) is 4.79 Å². The molecule has 0 aliphatic carbocycles. The van der Waals surface area contributed by atoms with E-state index in [0.29, 0.717) is 18.1 Å². The van der Waals surface area contributed by atoms with Crippen LogP contribution >= 0.6 is 22.0 Å². The van der Waals surface area contributed by atoms with E-state index < -0.39 is 9.05 Å². The first-order chi connectivity index (χ1) is 8.88. The zero-order chi connectivity index (χ0) is 14.0. The highest BCUT2D eigenvalue weighted by atomic mass is 35.7. The number of rotatable bonds is 4. The third kappa shape index (κ3) is 3.68. The van der Waals surface area contributed by atoms with Crippen molar-refractivity contribution in [1.29, 1.82) is 0 Å². The lowest BCUT2D eigenvalue weighted by Gasteiger charge is -2.18. The lowest BCUT2D eigenvalue weighted by molar-refractivity contribution is 0.0922. The highest BCUT2D eigenvalue weighted by Crippen LogP contribution is 2.24. The van der Waals surface area contributed by atoms with Crippen molar-refractivity contribution in [2.24, 2.45) is 5.92 Å². The molecule has 8 heteroatoms. The molecule has 1 aromatic heterocycles. The Labute approximate surface area is 120 Å². The molecule has 5 nitrogen and oxygen atoms in total. The summed E-state index contributed by atoms with van der Waals surface area (Å²) in [5, 5.41) is 4.34. The summed E-state index contributed by atoms with van der Waals surface area (Å²) in [7, 11) is 1.45. The third-order valence-electron chi connectivity index (χ3n) is 3.11. The Morgan fingerprint density at radius 3 is 2.89 bits per heavy atom. The first kappa shape index (κ1) is 14.8. The lowest BCUT2D eigenvalue weighted by Crippen LogP contribution is -2.38. The van der Waals surface area contributed by atoms with Gasteiger partial charge in [0.2, 0.25) is 0 Å². The van der Waals surface area contributed by atoms with Crippen LogP contribution in [-0.4, -0.2) is 33.6 Å². The summed E-state index contributed by atoms with van der Waals surface area (Å²) >= 11 is 0.939. The molecule has 0 saturated carbocycles. The smallest absolute Gasteiger partial charge is 0.270 e. The molecule has 1 aromatic rings. The third-order valence-corrected chi connectivity index (χ3v) is 6.15. The molecule has 1 saturated heterocycles. The minimum absolute atomic E-state index is 0.00837. The fraction of sp³-hybridized carbons (Fsp3) is 0.545. The van der Waals surface area contributed by atoms with E-state index in [-0.39, 0.29) is 16.2 Å². The second kappa shape index (κ2) is 5.78. The molecule has 106 valence electrons. The summed E-state index contributed by atoms with van der Waals surface area (Å²) in [5.74, 6) is 0.0148. The number of nitrogens with one attached hydrogen (secondary N) is 1. The van der Waals surface area contributed by atoms with Gasteiger partial charge in [0.25, 0.3) is 15.0 Å². The maximum Gasteiger partial charge on any atom is 0.270 e. The number of thiophene rings is 1. The van der Waals surface area contributed by atoms with E-state index >= 15 is 0 Å². The first-order valence-corrected chi connectivity index (χ1v) is 8.98. The average Bonchev–Trinajstić information content (AvgIpc) is 3.00. The molecule has 0 aromatic carbocycles. The van der Waals surface area contributed by atoms with E-state index in [2.05, 4.69) is 5.32 Å². The van der Waals surface area contributed by atoms with Crippen LogP contribution in [0.3, 0.4) is 0 Å². The van der Waals surface area contributed by atoms with Crippen LogP contribution in [0.4, 0.5) is 0 Å². The SMILES string of the molecule is CC(NC(=O)c1csc(S(=O)(=O)Cl)c1)C1CCOC1. The van der Waals surface area contributed by atoms with Crippen molar-refractivity contribution in [3.63, 3.8) is 0 Å². The van der Waals surface area contributed by atoms with Gasteiger partial charge >= 0.3 is 0 Å². The molecule has 0 bridgehead atoms. The minimum Gasteiger partial charge on any atom is -0.381 e. The molecule has 1 aliphatic heterocycles. The molecule has 19 heavy (non-hydrogen) atoms. The van der Waals surface area contributed by atoms with Gasteiger partial charge in [-0.2, -0.15) is 0 Å². The minimum atomic E-state index is -3.77. The van der Waals surface area contributed by atoms with E-state index in [1.54, 1.807) is 0 Å². The highest BCUT2D eigenvalue weighted by molar-refractivity contribution is 8.15. The molecular weight excluding hydrogens is 310 g/mol. The van der Waals surface area contributed by atoms with Gasteiger partial charge in [-0.05, 0) is 19.4 Å². The van der Waals surface area contributed by atoms with E-state index in [4.69, 9.17) is 15.4 Å². The number of carbonyl (C=O) groups excluding carboxylic acids is 1. The molecule has 1 amide bonds. The van der Waals surface area contributed by atoms with Crippen LogP contribution in [0, 0.1) is 5.92 Å². The Balaban J connectivity index is 2.01. The maximum atomic E-state index is 12.0. The van der Waals surface area contributed by atoms with Crippen molar-refractivity contribution in [2.45, 2.75) is 23.6 Å². The Bertz CT molecular complexity index is 563. The van der Waals surface area contributed by atoms with Gasteiger partial charge in [0.05, 0.1) is 12.2 Å². The zero-order valence-corrected chi connectivity index (χ0v) is 12.6. The first-order valence-electron chi connectivity index (χ1n) is 5.79. The average molecular weight is 324 g/mol. The van der Waals surface area contributed by atoms with E-state index in [1.165, 1.54) is 11.4 Å². The normalized spacial score (nSPS) is 21.3. The Morgan fingerprint density at radius 2 is 2.37 bits per heavy atom. The molecule has 2 heterocycles. The van der Waals surface area contributed by atoms with E-state index in [0.717, 1.165) is 24.4 Å².